The molecule has 1 heterocycles. The number of carbonyl (C=O) groups excluding carboxylic acids is 1. The van der Waals surface area contributed by atoms with E-state index < -0.39 is 0 Å². The van der Waals surface area contributed by atoms with E-state index >= 15 is 0 Å². The fourth-order valence-electron chi connectivity index (χ4n) is 4.15. The molecule has 0 unspecified atom stereocenters. The van der Waals surface area contributed by atoms with Gasteiger partial charge in [0, 0.05) is 24.6 Å². The van der Waals surface area contributed by atoms with Crippen LogP contribution in [0.1, 0.15) is 29.6 Å². The Hall–Kier alpha value is -2.13. The lowest BCUT2D eigenvalue weighted by molar-refractivity contribution is 0.0744. The van der Waals surface area contributed by atoms with Gasteiger partial charge in [-0.1, -0.05) is 24.3 Å². The van der Waals surface area contributed by atoms with Crippen LogP contribution < -0.4 is 4.74 Å². The summed E-state index contributed by atoms with van der Waals surface area (Å²) < 4.78 is 5.29. The number of fused-ring (bicyclic) bond motifs is 1. The van der Waals surface area contributed by atoms with E-state index in [0.29, 0.717) is 0 Å². The number of likely N-dealkylation sites (tertiary alicyclic amines) is 1. The summed E-state index contributed by atoms with van der Waals surface area (Å²) in [5, 5.41) is 2.18. The van der Waals surface area contributed by atoms with Crippen molar-refractivity contribution in [2.75, 3.05) is 26.7 Å². The lowest BCUT2D eigenvalue weighted by atomic mass is 9.80. The summed E-state index contributed by atoms with van der Waals surface area (Å²) in [7, 11) is 1.67. The van der Waals surface area contributed by atoms with Crippen molar-refractivity contribution >= 4 is 16.6 Å². The van der Waals surface area contributed by atoms with Crippen LogP contribution in [-0.2, 0) is 0 Å². The first-order valence-electron chi connectivity index (χ1n) is 9.65. The van der Waals surface area contributed by atoms with Crippen molar-refractivity contribution in [3.63, 3.8) is 0 Å². The van der Waals surface area contributed by atoms with Gasteiger partial charge in [0.2, 0.25) is 0 Å². The largest absolute Gasteiger partial charge is 0.497 e. The lowest BCUT2D eigenvalue weighted by Gasteiger charge is -2.36. The van der Waals surface area contributed by atoms with Gasteiger partial charge in [0.15, 0.2) is 5.78 Å². The number of methoxy groups -OCH3 is 1. The number of benzene rings is 2. The highest BCUT2D eigenvalue weighted by Crippen LogP contribution is 2.34. The molecule has 0 N–H and O–H groups in total. The fourth-order valence-corrected chi connectivity index (χ4v) is 4.15. The number of Topliss-reactive ketones (excluding diaryl/α,β-unsaturated/α-hetero) is 1. The summed E-state index contributed by atoms with van der Waals surface area (Å²) in [6.07, 6.45) is 5.74. The van der Waals surface area contributed by atoms with E-state index in [2.05, 4.69) is 11.5 Å². The second-order valence-electron chi connectivity index (χ2n) is 7.79. The van der Waals surface area contributed by atoms with Crippen molar-refractivity contribution in [1.29, 1.82) is 0 Å². The third kappa shape index (κ3) is 3.54. The Bertz CT molecular complexity index is 824. The molecule has 2 atom stereocenters. The molecule has 2 aromatic carbocycles. The molecule has 2 aliphatic rings. The maximum Gasteiger partial charge on any atom is 0.167 e. The first-order valence-corrected chi connectivity index (χ1v) is 9.65. The second-order valence-corrected chi connectivity index (χ2v) is 7.79. The van der Waals surface area contributed by atoms with E-state index in [9.17, 15) is 4.79 Å². The summed E-state index contributed by atoms with van der Waals surface area (Å²) in [6.45, 7) is 7.11. The summed E-state index contributed by atoms with van der Waals surface area (Å²) in [6, 6.07) is 12.0. The molecule has 0 aromatic heterocycles. The highest BCUT2D eigenvalue weighted by atomic mass is 16.5. The molecule has 1 saturated carbocycles. The second kappa shape index (κ2) is 7.24. The number of nitrogens with zero attached hydrogens (tertiary/aromatic N) is 1. The van der Waals surface area contributed by atoms with Crippen LogP contribution in [0.3, 0.4) is 0 Å². The summed E-state index contributed by atoms with van der Waals surface area (Å²) in [4.78, 5) is 15.8. The van der Waals surface area contributed by atoms with Gasteiger partial charge in [-0.05, 0) is 66.6 Å². The van der Waals surface area contributed by atoms with Crippen LogP contribution >= 0.6 is 0 Å². The molecule has 26 heavy (non-hydrogen) atoms. The van der Waals surface area contributed by atoms with E-state index in [4.69, 9.17) is 4.74 Å². The highest BCUT2D eigenvalue weighted by Gasteiger charge is 2.35. The van der Waals surface area contributed by atoms with E-state index in [0.717, 1.165) is 54.1 Å². The maximum atomic E-state index is 13.3. The van der Waals surface area contributed by atoms with Crippen LogP contribution in [-0.4, -0.2) is 37.4 Å². The molecule has 0 amide bonds. The summed E-state index contributed by atoms with van der Waals surface area (Å²) in [5.74, 6) is 2.27. The molecule has 136 valence electrons. The van der Waals surface area contributed by atoms with E-state index in [1.54, 1.807) is 7.11 Å². The van der Waals surface area contributed by atoms with Crippen molar-refractivity contribution in [2.45, 2.75) is 19.3 Å². The normalized spacial score (nSPS) is 23.7. The molecular weight excluding hydrogens is 322 g/mol. The SMILES string of the molecule is C=C[C@@H]1CCN(CC2CC2)C[C@H]1C(=O)c1ccc2cc(OC)ccc2c1. The van der Waals surface area contributed by atoms with Crippen molar-refractivity contribution in [2.24, 2.45) is 17.8 Å². The molecule has 0 bridgehead atoms. The van der Waals surface area contributed by atoms with Gasteiger partial charge in [-0.3, -0.25) is 4.79 Å². The molecule has 4 rings (SSSR count). The predicted molar refractivity (Wildman–Crippen MR) is 106 cm³/mol. The first kappa shape index (κ1) is 17.3. The molecule has 1 saturated heterocycles. The van der Waals surface area contributed by atoms with Crippen molar-refractivity contribution in [3.05, 3.63) is 54.6 Å². The van der Waals surface area contributed by atoms with Gasteiger partial charge in [0.05, 0.1) is 7.11 Å². The van der Waals surface area contributed by atoms with Crippen LogP contribution in [0.2, 0.25) is 0 Å². The van der Waals surface area contributed by atoms with Gasteiger partial charge in [-0.2, -0.15) is 0 Å². The molecule has 0 spiro atoms. The molecule has 3 nitrogen and oxygen atoms in total. The van der Waals surface area contributed by atoms with Crippen LogP contribution in [0.4, 0.5) is 0 Å². The molecule has 0 radical (unpaired) electrons. The van der Waals surface area contributed by atoms with E-state index in [1.165, 1.54) is 12.8 Å². The summed E-state index contributed by atoms with van der Waals surface area (Å²) >= 11 is 0. The number of allylic oxidation sites excluding steroid dienone is 1. The number of hydrogen-bond acceptors (Lipinski definition) is 3. The van der Waals surface area contributed by atoms with E-state index in [-0.39, 0.29) is 17.6 Å². The molecular formula is C23H27NO2. The number of hydrogen-bond donors (Lipinski definition) is 0. The Morgan fingerprint density at radius 3 is 2.69 bits per heavy atom. The third-order valence-electron chi connectivity index (χ3n) is 5.94. The van der Waals surface area contributed by atoms with Crippen LogP contribution in [0.25, 0.3) is 10.8 Å². The number of ketones is 1. The van der Waals surface area contributed by atoms with Crippen molar-refractivity contribution < 1.29 is 9.53 Å². The Labute approximate surface area is 155 Å². The van der Waals surface area contributed by atoms with Crippen molar-refractivity contribution in [3.8, 4) is 5.75 Å². The predicted octanol–water partition coefficient (Wildman–Crippen LogP) is 4.57. The standard InChI is InChI=1S/C23H27NO2/c1-3-17-10-11-24(14-16-4-5-16)15-22(17)23(25)20-7-6-19-13-21(26-2)9-8-18(19)12-20/h3,6-9,12-13,16-17,22H,1,4-5,10-11,14-15H2,2H3/t17-,22-/m1/s1. The number of rotatable bonds is 6. The molecule has 1 aliphatic carbocycles. The number of ether oxygens (including phenoxy) is 1. The third-order valence-corrected chi connectivity index (χ3v) is 5.94. The van der Waals surface area contributed by atoms with Crippen LogP contribution in [0.15, 0.2) is 49.1 Å². The zero-order valence-electron chi connectivity index (χ0n) is 15.5. The monoisotopic (exact) mass is 349 g/mol. The minimum absolute atomic E-state index is 0.0238. The fraction of sp³-hybridized carbons (Fsp3) is 0.435. The number of carbonyl (C=O) groups is 1. The van der Waals surface area contributed by atoms with Gasteiger partial charge in [-0.15, -0.1) is 6.58 Å². The van der Waals surface area contributed by atoms with Gasteiger partial charge < -0.3 is 9.64 Å². The quantitative estimate of drug-likeness (QED) is 0.565. The van der Waals surface area contributed by atoms with Gasteiger partial charge >= 0.3 is 0 Å². The highest BCUT2D eigenvalue weighted by molar-refractivity contribution is 6.01. The molecule has 2 fully saturated rings. The minimum atomic E-state index is 0.0238. The molecule has 1 aliphatic heterocycles. The average molecular weight is 349 g/mol. The Morgan fingerprint density at radius 2 is 1.96 bits per heavy atom. The smallest absolute Gasteiger partial charge is 0.167 e. The Kier molecular flexibility index (Phi) is 4.82. The van der Waals surface area contributed by atoms with E-state index in [1.807, 2.05) is 42.5 Å². The molecule has 2 aromatic rings. The maximum absolute atomic E-state index is 13.3. The van der Waals surface area contributed by atoms with Crippen LogP contribution in [0.5, 0.6) is 5.75 Å². The Balaban J connectivity index is 1.57. The number of piperidine rings is 1. The Morgan fingerprint density at radius 1 is 1.19 bits per heavy atom. The van der Waals surface area contributed by atoms with Gasteiger partial charge in [0.1, 0.15) is 5.75 Å². The lowest BCUT2D eigenvalue weighted by Crippen LogP contribution is -2.44. The average Bonchev–Trinajstić information content (AvgIpc) is 3.50. The minimum Gasteiger partial charge on any atom is -0.497 e. The topological polar surface area (TPSA) is 29.5 Å². The summed E-state index contributed by atoms with van der Waals surface area (Å²) in [5.41, 5.74) is 0.813. The van der Waals surface area contributed by atoms with Crippen molar-refractivity contribution in [1.82, 2.24) is 4.90 Å². The molecule has 3 heteroatoms. The van der Waals surface area contributed by atoms with Gasteiger partial charge in [0.25, 0.3) is 0 Å². The first-order chi connectivity index (χ1) is 12.7. The zero-order valence-corrected chi connectivity index (χ0v) is 15.5. The van der Waals surface area contributed by atoms with Gasteiger partial charge in [-0.25, -0.2) is 0 Å². The zero-order chi connectivity index (χ0) is 18.1. The van der Waals surface area contributed by atoms with Crippen LogP contribution in [0, 0.1) is 17.8 Å².